The first-order valence-corrected chi connectivity index (χ1v) is 5.11. The van der Waals surface area contributed by atoms with Gasteiger partial charge in [-0.2, -0.15) is 0 Å². The number of aromatic nitrogens is 2. The maximum Gasteiger partial charge on any atom is 0.115 e. The van der Waals surface area contributed by atoms with E-state index >= 15 is 0 Å². The zero-order valence-corrected chi connectivity index (χ0v) is 8.83. The van der Waals surface area contributed by atoms with E-state index in [1.807, 2.05) is 12.4 Å². The highest BCUT2D eigenvalue weighted by atomic mass is 14.9. The van der Waals surface area contributed by atoms with Crippen molar-refractivity contribution in [1.82, 2.24) is 9.97 Å². The number of nitrogens with two attached hydrogens (primary N) is 1. The Balaban J connectivity index is 2.42. The summed E-state index contributed by atoms with van der Waals surface area (Å²) in [4.78, 5) is 8.10. The SMILES string of the molecule is CC1(C)CCCC1(N)c1cncnc1. The van der Waals surface area contributed by atoms with E-state index in [0.29, 0.717) is 0 Å². The molecule has 0 bridgehead atoms. The molecule has 14 heavy (non-hydrogen) atoms. The van der Waals surface area contributed by atoms with Gasteiger partial charge in [-0.15, -0.1) is 0 Å². The average molecular weight is 191 g/mol. The molecule has 1 saturated carbocycles. The second kappa shape index (κ2) is 3.02. The van der Waals surface area contributed by atoms with E-state index in [-0.39, 0.29) is 11.0 Å². The van der Waals surface area contributed by atoms with Crippen molar-refractivity contribution in [2.75, 3.05) is 0 Å². The molecule has 1 aromatic rings. The van der Waals surface area contributed by atoms with E-state index in [2.05, 4.69) is 23.8 Å². The van der Waals surface area contributed by atoms with Gasteiger partial charge in [0.2, 0.25) is 0 Å². The highest BCUT2D eigenvalue weighted by Crippen LogP contribution is 2.49. The minimum absolute atomic E-state index is 0.151. The first-order chi connectivity index (χ1) is 6.56. The van der Waals surface area contributed by atoms with E-state index in [1.54, 1.807) is 6.33 Å². The summed E-state index contributed by atoms with van der Waals surface area (Å²) in [5.74, 6) is 0. The molecular formula is C11H17N3. The van der Waals surface area contributed by atoms with Crippen molar-refractivity contribution in [3.05, 3.63) is 24.3 Å². The van der Waals surface area contributed by atoms with Crippen LogP contribution in [0.1, 0.15) is 38.7 Å². The third kappa shape index (κ3) is 1.23. The van der Waals surface area contributed by atoms with Crippen LogP contribution in [0.2, 0.25) is 0 Å². The molecule has 0 aromatic carbocycles. The van der Waals surface area contributed by atoms with Crippen LogP contribution < -0.4 is 5.73 Å². The lowest BCUT2D eigenvalue weighted by Crippen LogP contribution is -2.45. The predicted octanol–water partition coefficient (Wildman–Crippen LogP) is 1.84. The van der Waals surface area contributed by atoms with Crippen molar-refractivity contribution in [3.8, 4) is 0 Å². The van der Waals surface area contributed by atoms with Gasteiger partial charge in [0.15, 0.2) is 0 Å². The van der Waals surface area contributed by atoms with Gasteiger partial charge in [0.25, 0.3) is 0 Å². The fraction of sp³-hybridized carbons (Fsp3) is 0.636. The normalized spacial score (nSPS) is 30.5. The summed E-state index contributed by atoms with van der Waals surface area (Å²) in [6, 6.07) is 0. The van der Waals surface area contributed by atoms with Crippen LogP contribution in [0.4, 0.5) is 0 Å². The molecule has 0 saturated heterocycles. The molecule has 1 atom stereocenters. The van der Waals surface area contributed by atoms with Gasteiger partial charge >= 0.3 is 0 Å². The van der Waals surface area contributed by atoms with E-state index in [4.69, 9.17) is 5.73 Å². The van der Waals surface area contributed by atoms with E-state index in [9.17, 15) is 0 Å². The van der Waals surface area contributed by atoms with Crippen LogP contribution in [0.25, 0.3) is 0 Å². The van der Waals surface area contributed by atoms with Crippen LogP contribution in [0.3, 0.4) is 0 Å². The summed E-state index contributed by atoms with van der Waals surface area (Å²) in [5.41, 5.74) is 7.46. The van der Waals surface area contributed by atoms with Crippen LogP contribution in [0, 0.1) is 5.41 Å². The minimum atomic E-state index is -0.242. The summed E-state index contributed by atoms with van der Waals surface area (Å²) < 4.78 is 0. The highest BCUT2D eigenvalue weighted by molar-refractivity contribution is 5.22. The molecule has 1 heterocycles. The molecule has 0 amide bonds. The van der Waals surface area contributed by atoms with Crippen molar-refractivity contribution in [2.24, 2.45) is 11.1 Å². The zero-order chi connectivity index (χ0) is 10.2. The fourth-order valence-electron chi connectivity index (χ4n) is 2.44. The summed E-state index contributed by atoms with van der Waals surface area (Å²) in [7, 11) is 0. The van der Waals surface area contributed by atoms with Crippen LogP contribution in [0.15, 0.2) is 18.7 Å². The van der Waals surface area contributed by atoms with Crippen LogP contribution in [-0.4, -0.2) is 9.97 Å². The van der Waals surface area contributed by atoms with E-state index < -0.39 is 0 Å². The molecule has 3 heteroatoms. The van der Waals surface area contributed by atoms with Gasteiger partial charge in [0, 0.05) is 23.5 Å². The predicted molar refractivity (Wildman–Crippen MR) is 55.5 cm³/mol. The third-order valence-corrected chi connectivity index (χ3v) is 3.66. The molecule has 2 rings (SSSR count). The molecule has 3 nitrogen and oxygen atoms in total. The van der Waals surface area contributed by atoms with Gasteiger partial charge in [-0.1, -0.05) is 20.3 Å². The molecule has 2 N–H and O–H groups in total. The molecule has 1 aromatic heterocycles. The highest BCUT2D eigenvalue weighted by Gasteiger charge is 2.47. The van der Waals surface area contributed by atoms with Crippen LogP contribution >= 0.6 is 0 Å². The van der Waals surface area contributed by atoms with Gasteiger partial charge in [0.05, 0.1) is 0 Å². The van der Waals surface area contributed by atoms with E-state index in [0.717, 1.165) is 12.0 Å². The molecule has 0 radical (unpaired) electrons. The fourth-order valence-corrected chi connectivity index (χ4v) is 2.44. The smallest absolute Gasteiger partial charge is 0.115 e. The van der Waals surface area contributed by atoms with Gasteiger partial charge in [-0.05, 0) is 18.3 Å². The molecule has 0 spiro atoms. The zero-order valence-electron chi connectivity index (χ0n) is 8.83. The number of hydrogen-bond acceptors (Lipinski definition) is 3. The van der Waals surface area contributed by atoms with Crippen molar-refractivity contribution in [3.63, 3.8) is 0 Å². The molecular weight excluding hydrogens is 174 g/mol. The van der Waals surface area contributed by atoms with Gasteiger partial charge in [-0.25, -0.2) is 9.97 Å². The van der Waals surface area contributed by atoms with Gasteiger partial charge < -0.3 is 5.73 Å². The summed E-state index contributed by atoms with van der Waals surface area (Å²) in [5, 5.41) is 0. The Bertz CT molecular complexity index is 321. The maximum atomic E-state index is 6.48. The Morgan fingerprint density at radius 2 is 1.86 bits per heavy atom. The van der Waals surface area contributed by atoms with Crippen molar-refractivity contribution < 1.29 is 0 Å². The lowest BCUT2D eigenvalue weighted by atomic mass is 9.72. The first kappa shape index (κ1) is 9.59. The number of hydrogen-bond donors (Lipinski definition) is 1. The largest absolute Gasteiger partial charge is 0.321 e. The van der Waals surface area contributed by atoms with Crippen molar-refractivity contribution in [2.45, 2.75) is 38.6 Å². The standard InChI is InChI=1S/C11H17N3/c1-10(2)4-3-5-11(10,12)9-6-13-8-14-7-9/h6-8H,3-5,12H2,1-2H3. The topological polar surface area (TPSA) is 51.8 Å². The lowest BCUT2D eigenvalue weighted by molar-refractivity contribution is 0.209. The Hall–Kier alpha value is -0.960. The molecule has 1 aliphatic carbocycles. The second-order valence-corrected chi connectivity index (χ2v) is 4.84. The third-order valence-electron chi connectivity index (χ3n) is 3.66. The monoisotopic (exact) mass is 191 g/mol. The van der Waals surface area contributed by atoms with Crippen molar-refractivity contribution >= 4 is 0 Å². The Kier molecular flexibility index (Phi) is 2.07. The van der Waals surface area contributed by atoms with Crippen LogP contribution in [-0.2, 0) is 5.54 Å². The van der Waals surface area contributed by atoms with Crippen LogP contribution in [0.5, 0.6) is 0 Å². The summed E-state index contributed by atoms with van der Waals surface area (Å²) in [6.45, 7) is 4.46. The summed E-state index contributed by atoms with van der Waals surface area (Å²) in [6.07, 6.45) is 8.65. The van der Waals surface area contributed by atoms with E-state index in [1.165, 1.54) is 12.8 Å². The molecule has 1 unspecified atom stereocenters. The second-order valence-electron chi connectivity index (χ2n) is 4.84. The lowest BCUT2D eigenvalue weighted by Gasteiger charge is -2.38. The molecule has 1 aliphatic rings. The minimum Gasteiger partial charge on any atom is -0.321 e. The van der Waals surface area contributed by atoms with Crippen molar-refractivity contribution in [1.29, 1.82) is 0 Å². The average Bonchev–Trinajstić information content (AvgIpc) is 2.44. The molecule has 0 aliphatic heterocycles. The molecule has 76 valence electrons. The van der Waals surface area contributed by atoms with Gasteiger partial charge in [0.1, 0.15) is 6.33 Å². The number of rotatable bonds is 1. The Labute approximate surface area is 84.8 Å². The maximum absolute atomic E-state index is 6.48. The quantitative estimate of drug-likeness (QED) is 0.737. The van der Waals surface area contributed by atoms with Gasteiger partial charge in [-0.3, -0.25) is 0 Å². The Morgan fingerprint density at radius 3 is 2.36 bits per heavy atom. The number of nitrogens with zero attached hydrogens (tertiary/aromatic N) is 2. The summed E-state index contributed by atoms with van der Waals surface area (Å²) >= 11 is 0. The first-order valence-electron chi connectivity index (χ1n) is 5.11. The Morgan fingerprint density at radius 1 is 1.21 bits per heavy atom. The molecule has 1 fully saturated rings.